The molecule has 45 heavy (non-hydrogen) atoms. The van der Waals surface area contributed by atoms with Crippen LogP contribution in [0.4, 0.5) is 0 Å². The van der Waals surface area contributed by atoms with Crippen molar-refractivity contribution in [2.75, 3.05) is 0 Å². The predicted molar refractivity (Wildman–Crippen MR) is 200 cm³/mol. The van der Waals surface area contributed by atoms with Crippen LogP contribution in [0.5, 0.6) is 0 Å². The first kappa shape index (κ1) is 31.9. The van der Waals surface area contributed by atoms with Crippen LogP contribution in [-0.2, 0) is 10.8 Å². The summed E-state index contributed by atoms with van der Waals surface area (Å²) in [4.78, 5) is 0. The van der Waals surface area contributed by atoms with E-state index < -0.39 is 0 Å². The van der Waals surface area contributed by atoms with Crippen LogP contribution in [0.25, 0.3) is 33.4 Å². The molecule has 0 heterocycles. The zero-order chi connectivity index (χ0) is 31.4. The molecule has 0 fully saturated rings. The summed E-state index contributed by atoms with van der Waals surface area (Å²) in [5.41, 5.74) is 16.1. The Bertz CT molecular complexity index is 1610. The van der Waals surface area contributed by atoms with Crippen molar-refractivity contribution in [3.63, 3.8) is 0 Å². The number of rotatable bonds is 15. The van der Waals surface area contributed by atoms with Crippen molar-refractivity contribution in [2.45, 2.75) is 128 Å². The Labute approximate surface area is 275 Å². The fraction of sp³-hybridized carbons (Fsp3) is 0.455. The molecule has 0 aliphatic heterocycles. The van der Waals surface area contributed by atoms with E-state index in [9.17, 15) is 0 Å². The second-order valence-corrected chi connectivity index (χ2v) is 14.9. The van der Waals surface area contributed by atoms with E-state index in [0.717, 1.165) is 0 Å². The highest BCUT2D eigenvalue weighted by molar-refractivity contribution is 6.32. The fourth-order valence-electron chi connectivity index (χ4n) is 8.74. The van der Waals surface area contributed by atoms with Gasteiger partial charge >= 0.3 is 0 Å². The van der Waals surface area contributed by atoms with Crippen molar-refractivity contribution in [2.24, 2.45) is 0 Å². The lowest BCUT2D eigenvalue weighted by Gasteiger charge is -2.33. The molecule has 0 unspecified atom stereocenters. The van der Waals surface area contributed by atoms with Crippen LogP contribution in [0, 0.1) is 0 Å². The average Bonchev–Trinajstić information content (AvgIpc) is 3.45. The molecule has 0 bridgehead atoms. The molecule has 0 spiro atoms. The Kier molecular flexibility index (Phi) is 9.75. The molecule has 0 saturated heterocycles. The van der Waals surface area contributed by atoms with Crippen molar-refractivity contribution in [1.82, 2.24) is 0 Å². The fourth-order valence-corrected chi connectivity index (χ4v) is 8.74. The van der Waals surface area contributed by atoms with Crippen LogP contribution >= 0.6 is 0 Å². The second kappa shape index (κ2) is 13.7. The van der Waals surface area contributed by atoms with E-state index in [-0.39, 0.29) is 10.8 Å². The second-order valence-electron chi connectivity index (χ2n) is 14.9. The average molecular weight is 595 g/mol. The standard InChI is InChI=1S/C44H55B/c1-5-7-9-11-13-17-27-44(28-18-14-12-10-8-6-2)39-20-16-15-19-35(39)38-25-22-33(30-42(38)44)32-21-24-36-37-26-23-34(45)31-41(37)43(3,4)40(36)29-32/h15-16,19-26,29-31H,5-14,17-18,27-28,45H2,1-4H3. The molecule has 4 aromatic rings. The molecule has 6 rings (SSSR count). The number of benzene rings is 4. The van der Waals surface area contributed by atoms with E-state index in [4.69, 9.17) is 0 Å². The molecule has 234 valence electrons. The van der Waals surface area contributed by atoms with Gasteiger partial charge in [-0.3, -0.25) is 0 Å². The topological polar surface area (TPSA) is 0 Å². The minimum absolute atomic E-state index is 0.0129. The summed E-state index contributed by atoms with van der Waals surface area (Å²) >= 11 is 0. The SMILES string of the molecule is Bc1ccc2c(c1)C(C)(C)c1cc(-c3ccc4c(c3)C(CCCCCCCC)(CCCCCCCC)c3ccccc3-4)ccc1-2. The molecule has 0 radical (unpaired) electrons. The molecule has 2 aliphatic carbocycles. The van der Waals surface area contributed by atoms with E-state index >= 15 is 0 Å². The maximum atomic E-state index is 2.62. The quantitative estimate of drug-likeness (QED) is 0.0949. The van der Waals surface area contributed by atoms with Gasteiger partial charge in [-0.1, -0.05) is 177 Å². The molecular formula is C44H55B. The number of hydrogen-bond donors (Lipinski definition) is 0. The highest BCUT2D eigenvalue weighted by atomic mass is 14.5. The summed E-state index contributed by atoms with van der Waals surface area (Å²) in [5.74, 6) is 0. The first-order valence-corrected chi connectivity index (χ1v) is 18.4. The summed E-state index contributed by atoms with van der Waals surface area (Å²) in [7, 11) is 2.22. The molecule has 0 aromatic heterocycles. The third-order valence-electron chi connectivity index (χ3n) is 11.3. The Morgan fingerprint density at radius 1 is 0.467 bits per heavy atom. The van der Waals surface area contributed by atoms with Gasteiger partial charge in [-0.25, -0.2) is 0 Å². The van der Waals surface area contributed by atoms with Crippen molar-refractivity contribution >= 4 is 13.3 Å². The Morgan fingerprint density at radius 3 is 1.56 bits per heavy atom. The number of hydrogen-bond acceptors (Lipinski definition) is 0. The van der Waals surface area contributed by atoms with E-state index in [1.807, 2.05) is 0 Å². The Balaban J connectivity index is 1.36. The van der Waals surface area contributed by atoms with Crippen LogP contribution < -0.4 is 5.46 Å². The van der Waals surface area contributed by atoms with Gasteiger partial charge in [-0.05, 0) is 80.6 Å². The molecule has 0 atom stereocenters. The third kappa shape index (κ3) is 6.09. The molecule has 0 amide bonds. The normalized spacial score (nSPS) is 15.0. The highest BCUT2D eigenvalue weighted by Gasteiger charge is 2.42. The van der Waals surface area contributed by atoms with Crippen LogP contribution in [-0.4, -0.2) is 7.85 Å². The largest absolute Gasteiger partial charge is 0.139 e. The number of fused-ring (bicyclic) bond motifs is 6. The van der Waals surface area contributed by atoms with Gasteiger partial charge in [-0.2, -0.15) is 0 Å². The predicted octanol–water partition coefficient (Wildman–Crippen LogP) is 11.7. The Morgan fingerprint density at radius 2 is 0.933 bits per heavy atom. The summed E-state index contributed by atoms with van der Waals surface area (Å²) in [5, 5.41) is 0. The molecule has 0 N–H and O–H groups in total. The van der Waals surface area contributed by atoms with E-state index in [2.05, 4.69) is 114 Å². The maximum absolute atomic E-state index is 2.62. The summed E-state index contributed by atoms with van der Waals surface area (Å²) < 4.78 is 0. The van der Waals surface area contributed by atoms with Gasteiger partial charge in [-0.15, -0.1) is 0 Å². The van der Waals surface area contributed by atoms with Gasteiger partial charge in [0.25, 0.3) is 0 Å². The molecule has 2 aliphatic rings. The first-order chi connectivity index (χ1) is 21.9. The highest BCUT2D eigenvalue weighted by Crippen LogP contribution is 2.55. The zero-order valence-corrected chi connectivity index (χ0v) is 28.9. The molecule has 0 nitrogen and oxygen atoms in total. The molecular weight excluding hydrogens is 539 g/mol. The first-order valence-electron chi connectivity index (χ1n) is 18.4. The van der Waals surface area contributed by atoms with Gasteiger partial charge < -0.3 is 0 Å². The van der Waals surface area contributed by atoms with E-state index in [1.54, 1.807) is 11.1 Å². The van der Waals surface area contributed by atoms with Gasteiger partial charge in [0.1, 0.15) is 7.85 Å². The van der Waals surface area contributed by atoms with Crippen LogP contribution in [0.15, 0.2) is 78.9 Å². The van der Waals surface area contributed by atoms with Crippen molar-refractivity contribution < 1.29 is 0 Å². The van der Waals surface area contributed by atoms with Gasteiger partial charge in [0.2, 0.25) is 0 Å². The van der Waals surface area contributed by atoms with Crippen LogP contribution in [0.1, 0.15) is 140 Å². The lowest BCUT2D eigenvalue weighted by atomic mass is 9.70. The van der Waals surface area contributed by atoms with E-state index in [1.165, 1.54) is 140 Å². The smallest absolute Gasteiger partial charge is 0.0886 e. The molecule has 0 saturated carbocycles. The maximum Gasteiger partial charge on any atom is 0.139 e. The van der Waals surface area contributed by atoms with Crippen molar-refractivity contribution in [3.05, 3.63) is 101 Å². The lowest BCUT2D eigenvalue weighted by molar-refractivity contribution is 0.398. The summed E-state index contributed by atoms with van der Waals surface area (Å²) in [6, 6.07) is 31.2. The van der Waals surface area contributed by atoms with Gasteiger partial charge in [0.05, 0.1) is 0 Å². The molecule has 4 aromatic carbocycles. The van der Waals surface area contributed by atoms with Gasteiger partial charge in [0, 0.05) is 10.8 Å². The number of unbranched alkanes of at least 4 members (excludes halogenated alkanes) is 10. The minimum Gasteiger partial charge on any atom is -0.0886 e. The van der Waals surface area contributed by atoms with Crippen molar-refractivity contribution in [1.29, 1.82) is 0 Å². The third-order valence-corrected chi connectivity index (χ3v) is 11.3. The van der Waals surface area contributed by atoms with Crippen LogP contribution in [0.2, 0.25) is 0 Å². The zero-order valence-electron chi connectivity index (χ0n) is 28.9. The monoisotopic (exact) mass is 594 g/mol. The summed E-state index contributed by atoms with van der Waals surface area (Å²) in [6.07, 6.45) is 18.8. The Hall–Kier alpha value is -3.06. The van der Waals surface area contributed by atoms with E-state index in [0.29, 0.717) is 0 Å². The van der Waals surface area contributed by atoms with Crippen LogP contribution in [0.3, 0.4) is 0 Å². The van der Waals surface area contributed by atoms with Crippen molar-refractivity contribution in [3.8, 4) is 33.4 Å². The summed E-state index contributed by atoms with van der Waals surface area (Å²) in [6.45, 7) is 9.46. The minimum atomic E-state index is 0.0129. The molecule has 1 heteroatoms. The van der Waals surface area contributed by atoms with Gasteiger partial charge in [0.15, 0.2) is 0 Å². The lowest BCUT2D eigenvalue weighted by Crippen LogP contribution is -2.25.